The highest BCUT2D eigenvalue weighted by atomic mass is 16.4. The van der Waals surface area contributed by atoms with E-state index in [0.29, 0.717) is 5.52 Å². The topological polar surface area (TPSA) is 99.5 Å². The minimum Gasteiger partial charge on any atom is -0.479 e. The molecule has 0 aliphatic carbocycles. The second kappa shape index (κ2) is 5.26. The highest BCUT2D eigenvalue weighted by molar-refractivity contribution is 5.95. The minimum absolute atomic E-state index is 0.171. The number of nitrogens with zero attached hydrogens (tertiary/aromatic N) is 1. The summed E-state index contributed by atoms with van der Waals surface area (Å²) in [4.78, 5) is 26.8. The van der Waals surface area contributed by atoms with E-state index in [1.165, 1.54) is 0 Å². The molecule has 0 radical (unpaired) electrons. The summed E-state index contributed by atoms with van der Waals surface area (Å²) >= 11 is 0. The van der Waals surface area contributed by atoms with Gasteiger partial charge in [-0.05, 0) is 19.1 Å². The Bertz CT molecular complexity index is 667. The predicted molar refractivity (Wildman–Crippen MR) is 72.3 cm³/mol. The third-order valence-electron chi connectivity index (χ3n) is 2.88. The molecule has 3 N–H and O–H groups in total. The van der Waals surface area contributed by atoms with E-state index in [1.807, 2.05) is 18.2 Å². The molecule has 0 saturated heterocycles. The van der Waals surface area contributed by atoms with Crippen LogP contribution in [0.2, 0.25) is 0 Å². The Labute approximate surface area is 115 Å². The fraction of sp³-hybridized carbons (Fsp3) is 0.214. The number of amides is 1. The van der Waals surface area contributed by atoms with Crippen LogP contribution in [0, 0.1) is 0 Å². The SMILES string of the molecule is CC(O)(CNC(=O)c1ccc2ccccc2n1)C(=O)O. The van der Waals surface area contributed by atoms with E-state index in [-0.39, 0.29) is 5.69 Å². The summed E-state index contributed by atoms with van der Waals surface area (Å²) in [6.07, 6.45) is 0. The van der Waals surface area contributed by atoms with E-state index in [9.17, 15) is 14.7 Å². The zero-order chi connectivity index (χ0) is 14.8. The van der Waals surface area contributed by atoms with E-state index >= 15 is 0 Å². The molecule has 6 nitrogen and oxygen atoms in total. The molecule has 0 saturated carbocycles. The molecule has 1 aromatic heterocycles. The Morgan fingerprint density at radius 1 is 1.25 bits per heavy atom. The monoisotopic (exact) mass is 274 g/mol. The molecule has 1 unspecified atom stereocenters. The van der Waals surface area contributed by atoms with Gasteiger partial charge in [-0.3, -0.25) is 4.79 Å². The van der Waals surface area contributed by atoms with Gasteiger partial charge in [-0.2, -0.15) is 0 Å². The van der Waals surface area contributed by atoms with Crippen molar-refractivity contribution in [2.75, 3.05) is 6.54 Å². The molecule has 1 aromatic carbocycles. The van der Waals surface area contributed by atoms with Crippen molar-refractivity contribution >= 4 is 22.8 Å². The molecule has 20 heavy (non-hydrogen) atoms. The highest BCUT2D eigenvalue weighted by Crippen LogP contribution is 2.11. The van der Waals surface area contributed by atoms with Crippen molar-refractivity contribution in [2.45, 2.75) is 12.5 Å². The van der Waals surface area contributed by atoms with Gasteiger partial charge in [-0.25, -0.2) is 9.78 Å². The maximum absolute atomic E-state index is 11.9. The van der Waals surface area contributed by atoms with Crippen molar-refractivity contribution in [1.29, 1.82) is 0 Å². The van der Waals surface area contributed by atoms with Crippen LogP contribution in [0.25, 0.3) is 10.9 Å². The first-order chi connectivity index (χ1) is 9.40. The van der Waals surface area contributed by atoms with Crippen LogP contribution >= 0.6 is 0 Å². The van der Waals surface area contributed by atoms with Crippen LogP contribution in [0.15, 0.2) is 36.4 Å². The maximum Gasteiger partial charge on any atom is 0.337 e. The number of para-hydroxylation sites is 1. The lowest BCUT2D eigenvalue weighted by Gasteiger charge is -2.18. The van der Waals surface area contributed by atoms with Crippen LogP contribution in [-0.2, 0) is 4.79 Å². The number of hydrogen-bond donors (Lipinski definition) is 3. The predicted octanol–water partition coefficient (Wildman–Crippen LogP) is 0.800. The van der Waals surface area contributed by atoms with Gasteiger partial charge in [0.25, 0.3) is 5.91 Å². The fourth-order valence-corrected chi connectivity index (χ4v) is 1.61. The molecule has 104 valence electrons. The Balaban J connectivity index is 2.14. The number of pyridine rings is 1. The first-order valence-corrected chi connectivity index (χ1v) is 6.00. The van der Waals surface area contributed by atoms with Gasteiger partial charge >= 0.3 is 5.97 Å². The van der Waals surface area contributed by atoms with Crippen LogP contribution in [0.1, 0.15) is 17.4 Å². The van der Waals surface area contributed by atoms with Crippen LogP contribution in [0.4, 0.5) is 0 Å². The molecule has 2 rings (SSSR count). The maximum atomic E-state index is 11.9. The third kappa shape index (κ3) is 2.92. The second-order valence-corrected chi connectivity index (χ2v) is 4.65. The number of aliphatic carboxylic acids is 1. The molecule has 1 atom stereocenters. The molecule has 0 bridgehead atoms. The largest absolute Gasteiger partial charge is 0.479 e. The number of fused-ring (bicyclic) bond motifs is 1. The average molecular weight is 274 g/mol. The van der Waals surface area contributed by atoms with E-state index in [1.54, 1.807) is 18.2 Å². The molecular weight excluding hydrogens is 260 g/mol. The van der Waals surface area contributed by atoms with Gasteiger partial charge < -0.3 is 15.5 Å². The molecule has 0 fully saturated rings. The van der Waals surface area contributed by atoms with Crippen molar-refractivity contribution in [1.82, 2.24) is 10.3 Å². The summed E-state index contributed by atoms with van der Waals surface area (Å²) in [5.74, 6) is -1.93. The molecule has 1 amide bonds. The number of aliphatic hydroxyl groups is 1. The molecule has 0 aliphatic heterocycles. The molecule has 2 aromatic rings. The second-order valence-electron chi connectivity index (χ2n) is 4.65. The Kier molecular flexibility index (Phi) is 3.67. The van der Waals surface area contributed by atoms with Gasteiger partial charge in [0.15, 0.2) is 5.60 Å². The number of nitrogens with one attached hydrogen (secondary N) is 1. The highest BCUT2D eigenvalue weighted by Gasteiger charge is 2.30. The summed E-state index contributed by atoms with van der Waals surface area (Å²) < 4.78 is 0. The van der Waals surface area contributed by atoms with Crippen LogP contribution in [0.3, 0.4) is 0 Å². The number of aromatic nitrogens is 1. The Morgan fingerprint density at radius 2 is 1.95 bits per heavy atom. The van der Waals surface area contributed by atoms with Gasteiger partial charge in [0, 0.05) is 5.39 Å². The lowest BCUT2D eigenvalue weighted by Crippen LogP contribution is -2.46. The molecule has 0 aliphatic rings. The number of carboxylic acid groups (broad SMARTS) is 1. The smallest absolute Gasteiger partial charge is 0.337 e. The summed E-state index contributed by atoms with van der Waals surface area (Å²) in [5.41, 5.74) is -1.16. The summed E-state index contributed by atoms with van der Waals surface area (Å²) in [6.45, 7) is 0.721. The number of carbonyl (C=O) groups is 2. The number of carboxylic acids is 1. The Hall–Kier alpha value is -2.47. The van der Waals surface area contributed by atoms with Crippen molar-refractivity contribution in [3.05, 3.63) is 42.1 Å². The first-order valence-electron chi connectivity index (χ1n) is 6.00. The quantitative estimate of drug-likeness (QED) is 0.765. The Morgan fingerprint density at radius 3 is 2.65 bits per heavy atom. The summed E-state index contributed by atoms with van der Waals surface area (Å²) in [6, 6.07) is 10.6. The van der Waals surface area contributed by atoms with Gasteiger partial charge in [0.2, 0.25) is 0 Å². The van der Waals surface area contributed by atoms with Crippen molar-refractivity contribution in [2.24, 2.45) is 0 Å². The number of hydrogen-bond acceptors (Lipinski definition) is 4. The van der Waals surface area contributed by atoms with Crippen molar-refractivity contribution in [3.63, 3.8) is 0 Å². The number of rotatable bonds is 4. The summed E-state index contributed by atoms with van der Waals surface area (Å²) in [5, 5.41) is 21.5. The first kappa shape index (κ1) is 14.0. The minimum atomic E-state index is -2.01. The summed E-state index contributed by atoms with van der Waals surface area (Å²) in [7, 11) is 0. The standard InChI is InChI=1S/C14H14N2O4/c1-14(20,13(18)19)8-15-12(17)11-7-6-9-4-2-3-5-10(9)16-11/h2-7,20H,8H2,1H3,(H,15,17)(H,18,19). The van der Waals surface area contributed by atoms with Crippen molar-refractivity contribution < 1.29 is 19.8 Å². The zero-order valence-corrected chi connectivity index (χ0v) is 10.8. The molecule has 0 spiro atoms. The number of benzene rings is 1. The third-order valence-corrected chi connectivity index (χ3v) is 2.88. The normalized spacial score (nSPS) is 13.7. The molecule has 6 heteroatoms. The fourth-order valence-electron chi connectivity index (χ4n) is 1.61. The lowest BCUT2D eigenvalue weighted by atomic mass is 10.1. The molecular formula is C14H14N2O4. The van der Waals surface area contributed by atoms with Crippen molar-refractivity contribution in [3.8, 4) is 0 Å². The zero-order valence-electron chi connectivity index (χ0n) is 10.8. The van der Waals surface area contributed by atoms with Crippen LogP contribution in [0.5, 0.6) is 0 Å². The van der Waals surface area contributed by atoms with Crippen LogP contribution < -0.4 is 5.32 Å². The van der Waals surface area contributed by atoms with Gasteiger partial charge in [0.05, 0.1) is 12.1 Å². The van der Waals surface area contributed by atoms with E-state index in [0.717, 1.165) is 12.3 Å². The number of carbonyl (C=O) groups excluding carboxylic acids is 1. The van der Waals surface area contributed by atoms with Gasteiger partial charge in [-0.1, -0.05) is 24.3 Å². The van der Waals surface area contributed by atoms with Gasteiger partial charge in [0.1, 0.15) is 5.69 Å². The average Bonchev–Trinajstić information content (AvgIpc) is 2.44. The van der Waals surface area contributed by atoms with E-state index < -0.39 is 24.0 Å². The van der Waals surface area contributed by atoms with E-state index in [2.05, 4.69) is 10.3 Å². The van der Waals surface area contributed by atoms with Gasteiger partial charge in [-0.15, -0.1) is 0 Å². The molecule has 1 heterocycles. The van der Waals surface area contributed by atoms with E-state index in [4.69, 9.17) is 5.11 Å². The lowest BCUT2D eigenvalue weighted by molar-refractivity contribution is -0.155. The van der Waals surface area contributed by atoms with Crippen LogP contribution in [-0.4, -0.2) is 39.2 Å².